The number of amides is 2. The number of hydrogen-bond donors (Lipinski definition) is 2. The van der Waals surface area contributed by atoms with Gasteiger partial charge < -0.3 is 24.8 Å². The van der Waals surface area contributed by atoms with Gasteiger partial charge in [-0.3, -0.25) is 24.0 Å². The standard InChI is InChI=1S/C13H20N2O8/c1-6(16)21-9(10(12(19)14-4)22-7(2)17)11(13(20)15-5)23-8(3)18/h9-11H,1-5H3,(H,14,19)(H,15,20)/t10-,11-/m1/s1. The Hall–Kier alpha value is -2.65. The molecule has 2 amide bonds. The van der Waals surface area contributed by atoms with Crippen molar-refractivity contribution in [1.29, 1.82) is 0 Å². The second kappa shape index (κ2) is 9.38. The lowest BCUT2D eigenvalue weighted by molar-refractivity contribution is -0.187. The molecule has 10 heteroatoms. The van der Waals surface area contributed by atoms with Gasteiger partial charge in [-0.1, -0.05) is 0 Å². The lowest BCUT2D eigenvalue weighted by atomic mass is 10.1. The Morgan fingerprint density at radius 3 is 1.17 bits per heavy atom. The number of rotatable bonds is 7. The highest BCUT2D eigenvalue weighted by atomic mass is 16.6. The fraction of sp³-hybridized carbons (Fsp3) is 0.615. The fourth-order valence-electron chi connectivity index (χ4n) is 1.66. The minimum atomic E-state index is -1.68. The first-order valence-corrected chi connectivity index (χ1v) is 6.58. The summed E-state index contributed by atoms with van der Waals surface area (Å²) in [7, 11) is 2.51. The van der Waals surface area contributed by atoms with Crippen LogP contribution in [0.2, 0.25) is 0 Å². The maximum Gasteiger partial charge on any atom is 0.303 e. The molecule has 0 bridgehead atoms. The molecule has 10 nitrogen and oxygen atoms in total. The summed E-state index contributed by atoms with van der Waals surface area (Å²) in [4.78, 5) is 57.5. The number of ether oxygens (including phenoxy) is 3. The predicted molar refractivity (Wildman–Crippen MR) is 74.8 cm³/mol. The molecule has 0 aliphatic carbocycles. The average molecular weight is 332 g/mol. The maximum atomic E-state index is 11.9. The quantitative estimate of drug-likeness (QED) is 0.414. The average Bonchev–Trinajstić information content (AvgIpc) is 2.46. The van der Waals surface area contributed by atoms with E-state index < -0.39 is 48.0 Å². The molecule has 0 rings (SSSR count). The van der Waals surface area contributed by atoms with Crippen molar-refractivity contribution in [3.05, 3.63) is 0 Å². The van der Waals surface area contributed by atoms with Crippen LogP contribution in [0.3, 0.4) is 0 Å². The van der Waals surface area contributed by atoms with Crippen LogP contribution in [0.25, 0.3) is 0 Å². The molecule has 0 heterocycles. The SMILES string of the molecule is CNC(=O)[C@H](OC(C)=O)C(OC(C)=O)[C@@H](OC(C)=O)C(=O)NC. The molecule has 23 heavy (non-hydrogen) atoms. The monoisotopic (exact) mass is 332 g/mol. The van der Waals surface area contributed by atoms with Gasteiger partial charge in [0, 0.05) is 34.9 Å². The molecule has 0 unspecified atom stereocenters. The van der Waals surface area contributed by atoms with Gasteiger partial charge in [0.05, 0.1) is 0 Å². The highest BCUT2D eigenvalue weighted by Crippen LogP contribution is 2.15. The summed E-state index contributed by atoms with van der Waals surface area (Å²) in [5.74, 6) is -4.25. The number of carbonyl (C=O) groups is 5. The third-order valence-corrected chi connectivity index (χ3v) is 2.49. The Morgan fingerprint density at radius 1 is 0.652 bits per heavy atom. The number of likely N-dealkylation sites (N-methyl/N-ethyl adjacent to an activating group) is 2. The van der Waals surface area contributed by atoms with Crippen LogP contribution in [-0.2, 0) is 38.2 Å². The molecule has 2 N–H and O–H groups in total. The van der Waals surface area contributed by atoms with Crippen LogP contribution in [0.1, 0.15) is 20.8 Å². The third kappa shape index (κ3) is 6.76. The van der Waals surface area contributed by atoms with E-state index in [1.807, 2.05) is 0 Å². The third-order valence-electron chi connectivity index (χ3n) is 2.49. The van der Waals surface area contributed by atoms with Crippen molar-refractivity contribution in [2.75, 3.05) is 14.1 Å². The van der Waals surface area contributed by atoms with Gasteiger partial charge in [0.25, 0.3) is 11.8 Å². The Balaban J connectivity index is 5.82. The predicted octanol–water partition coefficient (Wildman–Crippen LogP) is -1.73. The summed E-state index contributed by atoms with van der Waals surface area (Å²) in [6.45, 7) is 3.08. The van der Waals surface area contributed by atoms with E-state index in [4.69, 9.17) is 14.2 Å². The molecule has 0 aromatic rings. The van der Waals surface area contributed by atoms with E-state index in [1.54, 1.807) is 0 Å². The Bertz CT molecular complexity index is 454. The first kappa shape index (κ1) is 20.3. The summed E-state index contributed by atoms with van der Waals surface area (Å²) in [5, 5.41) is 4.42. The molecule has 0 saturated heterocycles. The van der Waals surface area contributed by atoms with Crippen molar-refractivity contribution in [3.8, 4) is 0 Å². The van der Waals surface area contributed by atoms with E-state index in [-0.39, 0.29) is 0 Å². The van der Waals surface area contributed by atoms with Gasteiger partial charge in [-0.2, -0.15) is 0 Å². The van der Waals surface area contributed by atoms with Gasteiger partial charge in [0.15, 0.2) is 6.10 Å². The molecule has 0 saturated carbocycles. The minimum absolute atomic E-state index is 0.840. The van der Waals surface area contributed by atoms with Gasteiger partial charge in [-0.05, 0) is 0 Å². The zero-order valence-electron chi connectivity index (χ0n) is 13.5. The molecule has 0 aromatic heterocycles. The van der Waals surface area contributed by atoms with Crippen molar-refractivity contribution < 1.29 is 38.2 Å². The summed E-state index contributed by atoms with van der Waals surface area (Å²) in [6, 6.07) is 0. The first-order chi connectivity index (χ1) is 10.6. The van der Waals surface area contributed by atoms with Crippen molar-refractivity contribution in [1.82, 2.24) is 10.6 Å². The summed E-state index contributed by atoms with van der Waals surface area (Å²) >= 11 is 0. The van der Waals surface area contributed by atoms with Crippen LogP contribution >= 0.6 is 0 Å². The van der Waals surface area contributed by atoms with E-state index in [9.17, 15) is 24.0 Å². The second-order valence-electron chi connectivity index (χ2n) is 4.36. The molecule has 0 aromatic carbocycles. The molecule has 0 fully saturated rings. The molecule has 2 atom stereocenters. The van der Waals surface area contributed by atoms with Crippen LogP contribution in [0, 0.1) is 0 Å². The summed E-state index contributed by atoms with van der Waals surface area (Å²) in [6.07, 6.45) is -5.01. The van der Waals surface area contributed by atoms with E-state index >= 15 is 0 Å². The van der Waals surface area contributed by atoms with E-state index in [0.29, 0.717) is 0 Å². The van der Waals surface area contributed by atoms with Crippen molar-refractivity contribution in [3.63, 3.8) is 0 Å². The Morgan fingerprint density at radius 2 is 0.957 bits per heavy atom. The number of nitrogens with one attached hydrogen (secondary N) is 2. The summed E-state index contributed by atoms with van der Waals surface area (Å²) < 4.78 is 14.6. The van der Waals surface area contributed by atoms with Crippen LogP contribution in [0.15, 0.2) is 0 Å². The van der Waals surface area contributed by atoms with Crippen molar-refractivity contribution >= 4 is 29.7 Å². The van der Waals surface area contributed by atoms with Crippen LogP contribution in [-0.4, -0.2) is 62.1 Å². The number of carbonyl (C=O) groups excluding carboxylic acids is 5. The van der Waals surface area contributed by atoms with E-state index in [1.165, 1.54) is 14.1 Å². The molecule has 0 aliphatic heterocycles. The van der Waals surface area contributed by atoms with Crippen LogP contribution < -0.4 is 10.6 Å². The highest BCUT2D eigenvalue weighted by molar-refractivity contribution is 5.88. The van der Waals surface area contributed by atoms with Crippen LogP contribution in [0.5, 0.6) is 0 Å². The molecule has 0 spiro atoms. The molecular formula is C13H20N2O8. The number of esters is 3. The van der Waals surface area contributed by atoms with E-state index in [0.717, 1.165) is 20.8 Å². The van der Waals surface area contributed by atoms with Gasteiger partial charge in [0.2, 0.25) is 12.2 Å². The van der Waals surface area contributed by atoms with Gasteiger partial charge in [0.1, 0.15) is 0 Å². The normalized spacial score (nSPS) is 12.6. The fourth-order valence-corrected chi connectivity index (χ4v) is 1.66. The largest absolute Gasteiger partial charge is 0.453 e. The Labute approximate surface area is 132 Å². The maximum absolute atomic E-state index is 11.9. The summed E-state index contributed by atoms with van der Waals surface area (Å²) in [5.41, 5.74) is 0. The smallest absolute Gasteiger partial charge is 0.303 e. The molecule has 0 aliphatic rings. The minimum Gasteiger partial charge on any atom is -0.453 e. The number of hydrogen-bond acceptors (Lipinski definition) is 8. The van der Waals surface area contributed by atoms with Crippen molar-refractivity contribution in [2.24, 2.45) is 0 Å². The lowest BCUT2D eigenvalue weighted by Crippen LogP contribution is -2.56. The van der Waals surface area contributed by atoms with Gasteiger partial charge >= 0.3 is 17.9 Å². The molecule has 130 valence electrons. The lowest BCUT2D eigenvalue weighted by Gasteiger charge is -2.29. The van der Waals surface area contributed by atoms with Crippen molar-refractivity contribution in [2.45, 2.75) is 39.1 Å². The molecule has 0 radical (unpaired) electrons. The van der Waals surface area contributed by atoms with Crippen LogP contribution in [0.4, 0.5) is 0 Å². The Kier molecular flexibility index (Phi) is 8.30. The highest BCUT2D eigenvalue weighted by Gasteiger charge is 2.44. The van der Waals surface area contributed by atoms with Gasteiger partial charge in [-0.15, -0.1) is 0 Å². The topological polar surface area (TPSA) is 137 Å². The second-order valence-corrected chi connectivity index (χ2v) is 4.36. The zero-order valence-corrected chi connectivity index (χ0v) is 13.5. The first-order valence-electron chi connectivity index (χ1n) is 6.58. The van der Waals surface area contributed by atoms with E-state index in [2.05, 4.69) is 10.6 Å². The van der Waals surface area contributed by atoms with Gasteiger partial charge in [-0.25, -0.2) is 0 Å². The zero-order chi connectivity index (χ0) is 18.2. The molecular weight excluding hydrogens is 312 g/mol.